The average molecular weight is 256 g/mol. The number of carbonyl (C=O) groups is 2. The summed E-state index contributed by atoms with van der Waals surface area (Å²) in [5, 5.41) is 0. The minimum atomic E-state index is -0.290. The van der Waals surface area contributed by atoms with Gasteiger partial charge in [-0.05, 0) is 26.9 Å². The molecule has 18 heavy (non-hydrogen) atoms. The van der Waals surface area contributed by atoms with Gasteiger partial charge >= 0.3 is 5.97 Å². The molecule has 104 valence electrons. The molecular weight excluding hydrogens is 232 g/mol. The van der Waals surface area contributed by atoms with E-state index in [1.807, 2.05) is 19.0 Å². The molecule has 1 aliphatic heterocycles. The molecule has 0 saturated carbocycles. The molecule has 0 aliphatic carbocycles. The van der Waals surface area contributed by atoms with Crippen LogP contribution in [0.4, 0.5) is 0 Å². The lowest BCUT2D eigenvalue weighted by Gasteiger charge is -2.22. The lowest BCUT2D eigenvalue weighted by molar-refractivity contribution is -0.145. The maximum Gasteiger partial charge on any atom is 0.306 e. The summed E-state index contributed by atoms with van der Waals surface area (Å²) < 4.78 is 4.82. The van der Waals surface area contributed by atoms with Crippen molar-refractivity contribution >= 4 is 11.9 Å². The first kappa shape index (κ1) is 15.0. The van der Waals surface area contributed by atoms with Crippen LogP contribution in [0.2, 0.25) is 0 Å². The molecule has 2 unspecified atom stereocenters. The standard InChI is InChI=1S/C13H24N2O3/c1-5-18-13(17)7-6-12(16)15-8-10(2)11(9-15)14(3)4/h10-11H,5-9H2,1-4H3. The van der Waals surface area contributed by atoms with E-state index >= 15 is 0 Å². The first-order valence-electron chi connectivity index (χ1n) is 6.55. The third-order valence-corrected chi connectivity index (χ3v) is 3.44. The SMILES string of the molecule is CCOC(=O)CCC(=O)N1CC(C)C(N(C)C)C1. The Morgan fingerprint density at radius 1 is 1.28 bits per heavy atom. The number of carbonyl (C=O) groups excluding carboxylic acids is 2. The van der Waals surface area contributed by atoms with Crippen LogP contribution >= 0.6 is 0 Å². The van der Waals surface area contributed by atoms with Crippen LogP contribution < -0.4 is 0 Å². The van der Waals surface area contributed by atoms with E-state index in [0.29, 0.717) is 18.6 Å². The molecule has 0 radical (unpaired) electrons. The second-order valence-corrected chi connectivity index (χ2v) is 5.11. The monoisotopic (exact) mass is 256 g/mol. The van der Waals surface area contributed by atoms with Crippen LogP contribution in [-0.2, 0) is 14.3 Å². The molecule has 1 aliphatic rings. The molecule has 1 rings (SSSR count). The highest BCUT2D eigenvalue weighted by Crippen LogP contribution is 2.20. The Bertz CT molecular complexity index is 305. The van der Waals surface area contributed by atoms with Crippen molar-refractivity contribution in [2.75, 3.05) is 33.8 Å². The Morgan fingerprint density at radius 2 is 1.94 bits per heavy atom. The van der Waals surface area contributed by atoms with Crippen LogP contribution in [0, 0.1) is 5.92 Å². The number of likely N-dealkylation sites (tertiary alicyclic amines) is 1. The predicted molar refractivity (Wildman–Crippen MR) is 69.1 cm³/mol. The molecule has 0 spiro atoms. The fraction of sp³-hybridized carbons (Fsp3) is 0.846. The molecule has 1 saturated heterocycles. The maximum absolute atomic E-state index is 12.0. The van der Waals surface area contributed by atoms with Gasteiger partial charge in [-0.1, -0.05) is 6.92 Å². The van der Waals surface area contributed by atoms with E-state index in [2.05, 4.69) is 11.8 Å². The number of likely N-dealkylation sites (N-methyl/N-ethyl adjacent to an activating group) is 1. The highest BCUT2D eigenvalue weighted by Gasteiger charge is 2.33. The van der Waals surface area contributed by atoms with Gasteiger partial charge < -0.3 is 14.5 Å². The number of hydrogen-bond acceptors (Lipinski definition) is 4. The number of hydrogen-bond donors (Lipinski definition) is 0. The second-order valence-electron chi connectivity index (χ2n) is 5.11. The Kier molecular flexibility index (Phi) is 5.59. The fourth-order valence-electron chi connectivity index (χ4n) is 2.43. The van der Waals surface area contributed by atoms with E-state index in [1.54, 1.807) is 6.92 Å². The number of rotatable bonds is 5. The van der Waals surface area contributed by atoms with Crippen molar-refractivity contribution in [2.45, 2.75) is 32.7 Å². The molecule has 0 aromatic rings. The van der Waals surface area contributed by atoms with Crippen LogP contribution in [0.5, 0.6) is 0 Å². The van der Waals surface area contributed by atoms with Crippen LogP contribution in [0.15, 0.2) is 0 Å². The van der Waals surface area contributed by atoms with Gasteiger partial charge in [0, 0.05) is 25.6 Å². The van der Waals surface area contributed by atoms with Crippen molar-refractivity contribution in [1.29, 1.82) is 0 Å². The van der Waals surface area contributed by atoms with Crippen LogP contribution in [0.25, 0.3) is 0 Å². The van der Waals surface area contributed by atoms with Gasteiger partial charge in [0.05, 0.1) is 13.0 Å². The summed E-state index contributed by atoms with van der Waals surface area (Å²) in [4.78, 5) is 27.2. The van der Waals surface area contributed by atoms with Gasteiger partial charge in [0.15, 0.2) is 0 Å². The zero-order chi connectivity index (χ0) is 13.7. The molecule has 1 fully saturated rings. The highest BCUT2D eigenvalue weighted by atomic mass is 16.5. The molecule has 1 amide bonds. The Balaban J connectivity index is 2.38. The van der Waals surface area contributed by atoms with Crippen LogP contribution in [0.1, 0.15) is 26.7 Å². The van der Waals surface area contributed by atoms with Crippen molar-refractivity contribution < 1.29 is 14.3 Å². The predicted octanol–water partition coefficient (Wildman–Crippen LogP) is 0.738. The van der Waals surface area contributed by atoms with E-state index in [0.717, 1.165) is 13.1 Å². The van der Waals surface area contributed by atoms with E-state index in [9.17, 15) is 9.59 Å². The number of nitrogens with zero attached hydrogens (tertiary/aromatic N) is 2. The summed E-state index contributed by atoms with van der Waals surface area (Å²) in [5.74, 6) is 0.244. The van der Waals surface area contributed by atoms with Gasteiger partial charge in [0.2, 0.25) is 5.91 Å². The second kappa shape index (κ2) is 6.73. The van der Waals surface area contributed by atoms with Crippen molar-refractivity contribution in [2.24, 2.45) is 5.92 Å². The molecule has 0 aromatic heterocycles. The molecule has 2 atom stereocenters. The Hall–Kier alpha value is -1.10. The smallest absolute Gasteiger partial charge is 0.306 e. The molecule has 5 heteroatoms. The summed E-state index contributed by atoms with van der Waals surface area (Å²) in [6, 6.07) is 0.413. The third-order valence-electron chi connectivity index (χ3n) is 3.44. The Morgan fingerprint density at radius 3 is 2.44 bits per heavy atom. The van der Waals surface area contributed by atoms with E-state index in [4.69, 9.17) is 4.74 Å². The van der Waals surface area contributed by atoms with Gasteiger partial charge in [-0.25, -0.2) is 0 Å². The van der Waals surface area contributed by atoms with Gasteiger partial charge in [0.25, 0.3) is 0 Å². The van der Waals surface area contributed by atoms with Crippen LogP contribution in [-0.4, -0.2) is 61.5 Å². The first-order valence-corrected chi connectivity index (χ1v) is 6.55. The van der Waals surface area contributed by atoms with Crippen molar-refractivity contribution in [1.82, 2.24) is 9.80 Å². The van der Waals surface area contributed by atoms with Gasteiger partial charge in [-0.15, -0.1) is 0 Å². The van der Waals surface area contributed by atoms with Crippen molar-refractivity contribution in [3.8, 4) is 0 Å². The fourth-order valence-corrected chi connectivity index (χ4v) is 2.43. The van der Waals surface area contributed by atoms with E-state index in [-0.39, 0.29) is 24.7 Å². The van der Waals surface area contributed by atoms with Crippen LogP contribution in [0.3, 0.4) is 0 Å². The van der Waals surface area contributed by atoms with E-state index < -0.39 is 0 Å². The van der Waals surface area contributed by atoms with Gasteiger partial charge in [-0.3, -0.25) is 9.59 Å². The molecule has 0 aromatic carbocycles. The molecule has 1 heterocycles. The number of esters is 1. The largest absolute Gasteiger partial charge is 0.466 e. The number of amides is 1. The van der Waals surface area contributed by atoms with Gasteiger partial charge in [0.1, 0.15) is 0 Å². The zero-order valence-electron chi connectivity index (χ0n) is 11.8. The minimum absolute atomic E-state index is 0.0549. The lowest BCUT2D eigenvalue weighted by atomic mass is 10.1. The number of ether oxygens (including phenoxy) is 1. The normalized spacial score (nSPS) is 23.5. The average Bonchev–Trinajstić information content (AvgIpc) is 2.69. The highest BCUT2D eigenvalue weighted by molar-refractivity contribution is 5.81. The molecule has 5 nitrogen and oxygen atoms in total. The lowest BCUT2D eigenvalue weighted by Crippen LogP contribution is -2.35. The first-order chi connectivity index (χ1) is 8.45. The summed E-state index contributed by atoms with van der Waals surface area (Å²) in [6.45, 7) is 5.84. The Labute approximate surface area is 109 Å². The molecular formula is C13H24N2O3. The summed E-state index contributed by atoms with van der Waals surface area (Å²) in [7, 11) is 4.07. The third kappa shape index (κ3) is 3.98. The quantitative estimate of drug-likeness (QED) is 0.681. The van der Waals surface area contributed by atoms with E-state index in [1.165, 1.54) is 0 Å². The van der Waals surface area contributed by atoms with Crippen molar-refractivity contribution in [3.63, 3.8) is 0 Å². The topological polar surface area (TPSA) is 49.9 Å². The summed E-state index contributed by atoms with van der Waals surface area (Å²) in [5.41, 5.74) is 0. The maximum atomic E-state index is 12.0. The van der Waals surface area contributed by atoms with Crippen molar-refractivity contribution in [3.05, 3.63) is 0 Å². The van der Waals surface area contributed by atoms with Gasteiger partial charge in [-0.2, -0.15) is 0 Å². The summed E-state index contributed by atoms with van der Waals surface area (Å²) in [6.07, 6.45) is 0.440. The molecule has 0 N–H and O–H groups in total. The molecule has 0 bridgehead atoms. The summed E-state index contributed by atoms with van der Waals surface area (Å²) >= 11 is 0. The minimum Gasteiger partial charge on any atom is -0.466 e. The zero-order valence-corrected chi connectivity index (χ0v) is 11.8.